The molecule has 0 saturated carbocycles. The Bertz CT molecular complexity index is 449. The van der Waals surface area contributed by atoms with Crippen LogP contribution in [0.25, 0.3) is 0 Å². The molecule has 0 aliphatic rings. The zero-order chi connectivity index (χ0) is 13.0. The molecule has 92 valence electrons. The van der Waals surface area contributed by atoms with Crippen LogP contribution in [-0.2, 0) is 9.59 Å². The number of carbonyl (C=O) groups is 2. The van der Waals surface area contributed by atoms with Gasteiger partial charge in [-0.25, -0.2) is 0 Å². The van der Waals surface area contributed by atoms with Gasteiger partial charge >= 0.3 is 0 Å². The monoisotopic (exact) mass is 362 g/mol. The van der Waals surface area contributed by atoms with Gasteiger partial charge in [-0.05, 0) is 24.1 Å². The second kappa shape index (κ2) is 6.16. The summed E-state index contributed by atoms with van der Waals surface area (Å²) in [5, 5.41) is 0. The lowest BCUT2D eigenvalue weighted by Crippen LogP contribution is -2.23. The number of hydrogen-bond acceptors (Lipinski definition) is 2. The van der Waals surface area contributed by atoms with Gasteiger partial charge in [0.05, 0.1) is 5.92 Å². The molecule has 0 heterocycles. The van der Waals surface area contributed by atoms with E-state index in [2.05, 4.69) is 31.9 Å². The highest BCUT2D eigenvalue weighted by atomic mass is 79.9. The van der Waals surface area contributed by atoms with E-state index < -0.39 is 17.7 Å². The fourth-order valence-corrected chi connectivity index (χ4v) is 2.85. The first-order valence-corrected chi connectivity index (χ1v) is 6.53. The minimum absolute atomic E-state index is 0.135. The SMILES string of the molecule is NC(=O)CCC(C(N)=O)c1ccc(Br)cc1Br. The molecule has 1 rings (SSSR count). The molecule has 0 spiro atoms. The third-order valence-corrected chi connectivity index (χ3v) is 3.54. The average molecular weight is 364 g/mol. The Labute approximate surface area is 116 Å². The van der Waals surface area contributed by atoms with Crippen molar-refractivity contribution < 1.29 is 9.59 Å². The molecule has 1 unspecified atom stereocenters. The normalized spacial score (nSPS) is 12.1. The standard InChI is InChI=1S/C11H12Br2N2O2/c12-6-1-2-7(9(13)5-6)8(11(15)17)3-4-10(14)16/h1-2,5,8H,3-4H2,(H2,14,16)(H2,15,17). The molecule has 2 amide bonds. The van der Waals surface area contributed by atoms with Crippen LogP contribution in [0.15, 0.2) is 27.1 Å². The first-order chi connectivity index (χ1) is 7.91. The van der Waals surface area contributed by atoms with Gasteiger partial charge in [-0.2, -0.15) is 0 Å². The van der Waals surface area contributed by atoms with Crippen molar-refractivity contribution in [1.29, 1.82) is 0 Å². The molecule has 0 radical (unpaired) electrons. The maximum atomic E-state index is 11.4. The van der Waals surface area contributed by atoms with Crippen molar-refractivity contribution in [2.45, 2.75) is 18.8 Å². The number of primary amides is 2. The average Bonchev–Trinajstić information content (AvgIpc) is 2.20. The van der Waals surface area contributed by atoms with Gasteiger partial charge in [-0.1, -0.05) is 37.9 Å². The van der Waals surface area contributed by atoms with Gasteiger partial charge in [0, 0.05) is 15.4 Å². The molecule has 1 aromatic carbocycles. The third-order valence-electron chi connectivity index (χ3n) is 2.36. The van der Waals surface area contributed by atoms with Crippen LogP contribution in [0.5, 0.6) is 0 Å². The topological polar surface area (TPSA) is 86.2 Å². The van der Waals surface area contributed by atoms with Gasteiger partial charge in [0.15, 0.2) is 0 Å². The third kappa shape index (κ3) is 4.12. The van der Waals surface area contributed by atoms with Gasteiger partial charge in [0.2, 0.25) is 11.8 Å². The van der Waals surface area contributed by atoms with Gasteiger partial charge < -0.3 is 11.5 Å². The van der Waals surface area contributed by atoms with Gasteiger partial charge in [0.1, 0.15) is 0 Å². The molecule has 0 aliphatic heterocycles. The minimum atomic E-state index is -0.509. The van der Waals surface area contributed by atoms with Crippen molar-refractivity contribution in [3.63, 3.8) is 0 Å². The number of carbonyl (C=O) groups excluding carboxylic acids is 2. The molecular weight excluding hydrogens is 352 g/mol. The number of benzene rings is 1. The number of amides is 2. The van der Waals surface area contributed by atoms with Crippen molar-refractivity contribution >= 4 is 43.7 Å². The molecule has 1 aromatic rings. The summed E-state index contributed by atoms with van der Waals surface area (Å²) < 4.78 is 1.67. The summed E-state index contributed by atoms with van der Waals surface area (Å²) in [5.74, 6) is -1.41. The minimum Gasteiger partial charge on any atom is -0.370 e. The Balaban J connectivity index is 2.97. The molecule has 1 atom stereocenters. The molecule has 0 fully saturated rings. The maximum absolute atomic E-state index is 11.4. The lowest BCUT2D eigenvalue weighted by molar-refractivity contribution is -0.120. The highest BCUT2D eigenvalue weighted by Gasteiger charge is 2.20. The van der Waals surface area contributed by atoms with Crippen molar-refractivity contribution in [3.8, 4) is 0 Å². The van der Waals surface area contributed by atoms with Crippen molar-refractivity contribution in [2.24, 2.45) is 11.5 Å². The van der Waals surface area contributed by atoms with E-state index in [4.69, 9.17) is 11.5 Å². The Morgan fingerprint density at radius 2 is 1.88 bits per heavy atom. The largest absolute Gasteiger partial charge is 0.370 e. The quantitative estimate of drug-likeness (QED) is 0.838. The summed E-state index contributed by atoms with van der Waals surface area (Å²) in [6.07, 6.45) is 0.459. The maximum Gasteiger partial charge on any atom is 0.225 e. The Morgan fingerprint density at radius 3 is 2.35 bits per heavy atom. The van der Waals surface area contributed by atoms with Gasteiger partial charge in [-0.15, -0.1) is 0 Å². The van der Waals surface area contributed by atoms with E-state index in [0.717, 1.165) is 14.5 Å². The van der Waals surface area contributed by atoms with Gasteiger partial charge in [-0.3, -0.25) is 9.59 Å². The van der Waals surface area contributed by atoms with Gasteiger partial charge in [0.25, 0.3) is 0 Å². The summed E-state index contributed by atoms with van der Waals surface area (Å²) in [6, 6.07) is 5.44. The second-order valence-corrected chi connectivity index (χ2v) is 5.40. The summed E-state index contributed by atoms with van der Waals surface area (Å²) in [6.45, 7) is 0. The molecule has 0 saturated heterocycles. The molecule has 4 nitrogen and oxygen atoms in total. The zero-order valence-corrected chi connectivity index (χ0v) is 12.1. The molecule has 17 heavy (non-hydrogen) atoms. The summed E-state index contributed by atoms with van der Waals surface area (Å²) in [7, 11) is 0. The van der Waals surface area contributed by atoms with Crippen LogP contribution in [0.4, 0.5) is 0 Å². The highest BCUT2D eigenvalue weighted by molar-refractivity contribution is 9.11. The Morgan fingerprint density at radius 1 is 1.24 bits per heavy atom. The fraction of sp³-hybridized carbons (Fsp3) is 0.273. The molecule has 0 aromatic heterocycles. The molecular formula is C11H12Br2N2O2. The van der Waals surface area contributed by atoms with Crippen LogP contribution in [0.2, 0.25) is 0 Å². The summed E-state index contributed by atoms with van der Waals surface area (Å²) in [5.41, 5.74) is 11.2. The lowest BCUT2D eigenvalue weighted by Gasteiger charge is -2.14. The number of halogens is 2. The number of hydrogen-bond donors (Lipinski definition) is 2. The van der Waals surface area contributed by atoms with E-state index in [1.54, 1.807) is 6.07 Å². The Kier molecular flexibility index (Phi) is 5.14. The first-order valence-electron chi connectivity index (χ1n) is 4.94. The van der Waals surface area contributed by atoms with Crippen LogP contribution in [-0.4, -0.2) is 11.8 Å². The van der Waals surface area contributed by atoms with Crippen molar-refractivity contribution in [1.82, 2.24) is 0 Å². The molecule has 6 heteroatoms. The van der Waals surface area contributed by atoms with E-state index in [-0.39, 0.29) is 6.42 Å². The van der Waals surface area contributed by atoms with Crippen LogP contribution in [0.3, 0.4) is 0 Å². The van der Waals surface area contributed by atoms with Crippen molar-refractivity contribution in [2.75, 3.05) is 0 Å². The fourth-order valence-electron chi connectivity index (χ4n) is 1.52. The van der Waals surface area contributed by atoms with E-state index in [9.17, 15) is 9.59 Å². The summed E-state index contributed by atoms with van der Waals surface area (Å²) >= 11 is 6.69. The summed E-state index contributed by atoms with van der Waals surface area (Å²) in [4.78, 5) is 22.1. The smallest absolute Gasteiger partial charge is 0.225 e. The van der Waals surface area contributed by atoms with Crippen molar-refractivity contribution in [3.05, 3.63) is 32.7 Å². The predicted molar refractivity (Wildman–Crippen MR) is 72.2 cm³/mol. The highest BCUT2D eigenvalue weighted by Crippen LogP contribution is 2.30. The number of rotatable bonds is 5. The van der Waals surface area contributed by atoms with Crippen LogP contribution in [0, 0.1) is 0 Å². The van der Waals surface area contributed by atoms with E-state index in [1.807, 2.05) is 12.1 Å². The second-order valence-electron chi connectivity index (χ2n) is 3.63. The van der Waals surface area contributed by atoms with E-state index >= 15 is 0 Å². The Hall–Kier alpha value is -0.880. The number of nitrogens with two attached hydrogens (primary N) is 2. The van der Waals surface area contributed by atoms with Crippen LogP contribution >= 0.6 is 31.9 Å². The van der Waals surface area contributed by atoms with E-state index in [0.29, 0.717) is 6.42 Å². The molecule has 0 bridgehead atoms. The first kappa shape index (κ1) is 14.2. The van der Waals surface area contributed by atoms with E-state index in [1.165, 1.54) is 0 Å². The van der Waals surface area contributed by atoms with Crippen LogP contribution in [0.1, 0.15) is 24.3 Å². The molecule has 4 N–H and O–H groups in total. The van der Waals surface area contributed by atoms with Crippen LogP contribution < -0.4 is 11.5 Å². The molecule has 0 aliphatic carbocycles. The predicted octanol–water partition coefficient (Wildman–Crippen LogP) is 2.05. The lowest BCUT2D eigenvalue weighted by atomic mass is 9.93. The zero-order valence-electron chi connectivity index (χ0n) is 8.95.